The molecule has 2 aromatic heterocycles. The normalized spacial score (nSPS) is 10.3. The molecule has 0 saturated carbocycles. The van der Waals surface area contributed by atoms with Gasteiger partial charge in [0.1, 0.15) is 0 Å². The number of aryl methyl sites for hydroxylation is 1. The molecule has 0 atom stereocenters. The van der Waals surface area contributed by atoms with E-state index in [2.05, 4.69) is 15.0 Å². The van der Waals surface area contributed by atoms with E-state index in [9.17, 15) is 4.39 Å². The Bertz CT molecular complexity index is 502. The zero-order chi connectivity index (χ0) is 10.8. The van der Waals surface area contributed by atoms with Gasteiger partial charge in [-0.3, -0.25) is 9.97 Å². The summed E-state index contributed by atoms with van der Waals surface area (Å²) in [5, 5.41) is -0.155. The highest BCUT2D eigenvalue weighted by Gasteiger charge is 2.12. The predicted octanol–water partition coefficient (Wildman–Crippen LogP) is 2.64. The highest BCUT2D eigenvalue weighted by Crippen LogP contribution is 2.25. The molecule has 3 nitrogen and oxygen atoms in total. The number of rotatable bonds is 1. The molecule has 15 heavy (non-hydrogen) atoms. The molecular formula is C10H7ClFN3. The Labute approximate surface area is 91.0 Å². The van der Waals surface area contributed by atoms with Crippen LogP contribution in [0.3, 0.4) is 0 Å². The topological polar surface area (TPSA) is 38.7 Å². The molecule has 0 aliphatic heterocycles. The van der Waals surface area contributed by atoms with Gasteiger partial charge in [0.25, 0.3) is 0 Å². The maximum absolute atomic E-state index is 13.6. The van der Waals surface area contributed by atoms with Crippen LogP contribution in [0.2, 0.25) is 5.15 Å². The van der Waals surface area contributed by atoms with E-state index in [0.717, 1.165) is 0 Å². The highest BCUT2D eigenvalue weighted by atomic mass is 35.5. The molecule has 0 N–H and O–H groups in total. The molecule has 0 fully saturated rings. The fourth-order valence-corrected chi connectivity index (χ4v) is 1.43. The van der Waals surface area contributed by atoms with Crippen LogP contribution in [0.15, 0.2) is 24.7 Å². The summed E-state index contributed by atoms with van der Waals surface area (Å²) < 4.78 is 13.6. The standard InChI is InChI=1S/C10H7ClFN3/c1-6-9(14-5-4-13-6)7-2-3-15-10(11)8(7)12/h2-5H,1H3. The van der Waals surface area contributed by atoms with Gasteiger partial charge < -0.3 is 0 Å². The van der Waals surface area contributed by atoms with Crippen molar-refractivity contribution in [2.24, 2.45) is 0 Å². The lowest BCUT2D eigenvalue weighted by molar-refractivity contribution is 0.624. The van der Waals surface area contributed by atoms with E-state index in [1.54, 1.807) is 13.1 Å². The van der Waals surface area contributed by atoms with E-state index >= 15 is 0 Å². The van der Waals surface area contributed by atoms with Gasteiger partial charge in [0.2, 0.25) is 0 Å². The van der Waals surface area contributed by atoms with Crippen molar-refractivity contribution < 1.29 is 4.39 Å². The molecule has 0 radical (unpaired) electrons. The van der Waals surface area contributed by atoms with Crippen LogP contribution >= 0.6 is 11.6 Å². The molecule has 76 valence electrons. The Balaban J connectivity index is 2.65. The Morgan fingerprint density at radius 1 is 1.13 bits per heavy atom. The molecule has 0 bridgehead atoms. The van der Waals surface area contributed by atoms with Crippen molar-refractivity contribution in [1.82, 2.24) is 15.0 Å². The third-order valence-corrected chi connectivity index (χ3v) is 2.25. The van der Waals surface area contributed by atoms with Crippen LogP contribution in [0, 0.1) is 12.7 Å². The minimum Gasteiger partial charge on any atom is -0.258 e. The van der Waals surface area contributed by atoms with E-state index in [-0.39, 0.29) is 5.15 Å². The maximum atomic E-state index is 13.6. The zero-order valence-corrected chi connectivity index (χ0v) is 8.66. The Hall–Kier alpha value is -1.55. The molecule has 0 amide bonds. The molecule has 0 aliphatic rings. The summed E-state index contributed by atoms with van der Waals surface area (Å²) in [6, 6.07) is 1.53. The highest BCUT2D eigenvalue weighted by molar-refractivity contribution is 6.29. The molecule has 0 unspecified atom stereocenters. The van der Waals surface area contributed by atoms with E-state index in [0.29, 0.717) is 17.0 Å². The smallest absolute Gasteiger partial charge is 0.169 e. The number of halogens is 2. The first-order valence-corrected chi connectivity index (χ1v) is 4.66. The predicted molar refractivity (Wildman–Crippen MR) is 55.0 cm³/mol. The van der Waals surface area contributed by atoms with E-state index < -0.39 is 5.82 Å². The van der Waals surface area contributed by atoms with E-state index in [1.165, 1.54) is 18.5 Å². The third kappa shape index (κ3) is 1.80. The van der Waals surface area contributed by atoms with Crippen LogP contribution in [0.25, 0.3) is 11.3 Å². The van der Waals surface area contributed by atoms with Crippen molar-refractivity contribution in [3.8, 4) is 11.3 Å². The molecule has 5 heteroatoms. The first kappa shape index (κ1) is 9.98. The lowest BCUT2D eigenvalue weighted by Gasteiger charge is -2.04. The molecular weight excluding hydrogens is 217 g/mol. The average Bonchev–Trinajstić information content (AvgIpc) is 2.23. The van der Waals surface area contributed by atoms with Crippen LogP contribution < -0.4 is 0 Å². The van der Waals surface area contributed by atoms with Crippen LogP contribution in [0.4, 0.5) is 4.39 Å². The van der Waals surface area contributed by atoms with Crippen molar-refractivity contribution in [2.75, 3.05) is 0 Å². The summed E-state index contributed by atoms with van der Waals surface area (Å²) in [5.74, 6) is -0.567. The van der Waals surface area contributed by atoms with Crippen molar-refractivity contribution in [1.29, 1.82) is 0 Å². The number of hydrogen-bond acceptors (Lipinski definition) is 3. The average molecular weight is 224 g/mol. The molecule has 0 aliphatic carbocycles. The van der Waals surface area contributed by atoms with Crippen LogP contribution in [-0.2, 0) is 0 Å². The summed E-state index contributed by atoms with van der Waals surface area (Å²) >= 11 is 5.58. The Morgan fingerprint density at radius 3 is 2.60 bits per heavy atom. The van der Waals surface area contributed by atoms with Gasteiger partial charge in [-0.25, -0.2) is 9.37 Å². The van der Waals surface area contributed by atoms with Gasteiger partial charge in [-0.05, 0) is 13.0 Å². The number of nitrogens with zero attached hydrogens (tertiary/aromatic N) is 3. The lowest BCUT2D eigenvalue weighted by Crippen LogP contribution is -1.95. The Morgan fingerprint density at radius 2 is 1.87 bits per heavy atom. The fraction of sp³-hybridized carbons (Fsp3) is 0.100. The van der Waals surface area contributed by atoms with Gasteiger partial charge in [0, 0.05) is 24.2 Å². The van der Waals surface area contributed by atoms with Crippen molar-refractivity contribution in [2.45, 2.75) is 6.92 Å². The summed E-state index contributed by atoms with van der Waals surface area (Å²) in [6.07, 6.45) is 4.50. The largest absolute Gasteiger partial charge is 0.258 e. The first-order chi connectivity index (χ1) is 7.20. The minimum absolute atomic E-state index is 0.155. The third-order valence-electron chi connectivity index (χ3n) is 1.98. The molecule has 2 rings (SSSR count). The lowest BCUT2D eigenvalue weighted by atomic mass is 10.1. The quantitative estimate of drug-likeness (QED) is 0.698. The number of pyridine rings is 1. The SMILES string of the molecule is Cc1nccnc1-c1ccnc(Cl)c1F. The van der Waals surface area contributed by atoms with Gasteiger partial charge >= 0.3 is 0 Å². The monoisotopic (exact) mass is 223 g/mol. The molecule has 0 saturated heterocycles. The first-order valence-electron chi connectivity index (χ1n) is 4.28. The second-order valence-electron chi connectivity index (χ2n) is 2.95. The molecule has 0 aromatic carbocycles. The van der Waals surface area contributed by atoms with Crippen molar-refractivity contribution >= 4 is 11.6 Å². The zero-order valence-electron chi connectivity index (χ0n) is 7.91. The second-order valence-corrected chi connectivity index (χ2v) is 3.31. The van der Waals surface area contributed by atoms with Crippen LogP contribution in [0.5, 0.6) is 0 Å². The van der Waals surface area contributed by atoms with Crippen molar-refractivity contribution in [3.05, 3.63) is 41.3 Å². The Kier molecular flexibility index (Phi) is 2.60. The van der Waals surface area contributed by atoms with Crippen LogP contribution in [0.1, 0.15) is 5.69 Å². The summed E-state index contributed by atoms with van der Waals surface area (Å²) in [4.78, 5) is 11.7. The van der Waals surface area contributed by atoms with Gasteiger partial charge in [-0.1, -0.05) is 11.6 Å². The van der Waals surface area contributed by atoms with Crippen LogP contribution in [-0.4, -0.2) is 15.0 Å². The van der Waals surface area contributed by atoms with Gasteiger partial charge in [0.15, 0.2) is 11.0 Å². The van der Waals surface area contributed by atoms with Gasteiger partial charge in [0.05, 0.1) is 11.4 Å². The summed E-state index contributed by atoms with van der Waals surface area (Å²) in [5.41, 5.74) is 1.46. The fourth-order valence-electron chi connectivity index (χ4n) is 1.27. The summed E-state index contributed by atoms with van der Waals surface area (Å²) in [7, 11) is 0. The number of hydrogen-bond donors (Lipinski definition) is 0. The van der Waals surface area contributed by atoms with Gasteiger partial charge in [-0.2, -0.15) is 0 Å². The minimum atomic E-state index is -0.567. The molecule has 2 heterocycles. The number of aromatic nitrogens is 3. The van der Waals surface area contributed by atoms with E-state index in [4.69, 9.17) is 11.6 Å². The van der Waals surface area contributed by atoms with Gasteiger partial charge in [-0.15, -0.1) is 0 Å². The van der Waals surface area contributed by atoms with E-state index in [1.807, 2.05) is 0 Å². The second kappa shape index (κ2) is 3.90. The molecule has 2 aromatic rings. The maximum Gasteiger partial charge on any atom is 0.169 e. The molecule has 0 spiro atoms. The van der Waals surface area contributed by atoms with Crippen molar-refractivity contribution in [3.63, 3.8) is 0 Å². The summed E-state index contributed by atoms with van der Waals surface area (Å²) in [6.45, 7) is 1.76.